The minimum absolute atomic E-state index is 0.0433. The first-order valence-electron chi connectivity index (χ1n) is 12.9. The van der Waals surface area contributed by atoms with E-state index >= 15 is 4.11 Å². The molecule has 0 aliphatic carbocycles. The Labute approximate surface area is 212 Å². The molecule has 4 atom stereocenters. The van der Waals surface area contributed by atoms with E-state index in [0.717, 1.165) is 6.42 Å². The van der Waals surface area contributed by atoms with Crippen molar-refractivity contribution in [3.05, 3.63) is 23.8 Å². The summed E-state index contributed by atoms with van der Waals surface area (Å²) in [5.41, 5.74) is 0.219. The first-order valence-corrected chi connectivity index (χ1v) is 15.8. The number of hydrogen-bond acceptors (Lipinski definition) is 6. The van der Waals surface area contributed by atoms with E-state index in [1.807, 2.05) is 25.1 Å². The third-order valence-corrected chi connectivity index (χ3v) is 10.4. The van der Waals surface area contributed by atoms with Crippen molar-refractivity contribution in [1.29, 1.82) is 0 Å². The number of esters is 1. The summed E-state index contributed by atoms with van der Waals surface area (Å²) in [6, 6.07) is 5.57. The lowest BCUT2D eigenvalue weighted by Gasteiger charge is -2.31. The Morgan fingerprint density at radius 2 is 2.06 bits per heavy atom. The largest absolute Gasteiger partial charge is 0.469 e. The number of hydrogen-bond donors (Lipinski definition) is 1. The molecular weight excluding hydrogens is 483 g/mol. The van der Waals surface area contributed by atoms with Crippen molar-refractivity contribution >= 4 is 37.6 Å². The highest BCUT2D eigenvalue weighted by molar-refractivity contribution is 6.72. The molecule has 0 unspecified atom stereocenters. The van der Waals surface area contributed by atoms with Crippen LogP contribution in [0.25, 0.3) is 0 Å². The fourth-order valence-electron chi connectivity index (χ4n) is 6.38. The average molecular weight is 521 g/mol. The van der Waals surface area contributed by atoms with Crippen molar-refractivity contribution in [3.63, 3.8) is 0 Å². The molecule has 198 valence electrons. The number of benzene rings is 1. The fraction of sp³-hybridized carbons (Fsp3) is 0.654. The van der Waals surface area contributed by atoms with Gasteiger partial charge in [-0.25, -0.2) is 0 Å². The van der Waals surface area contributed by atoms with Gasteiger partial charge in [-0.05, 0) is 57.0 Å². The quantitative estimate of drug-likeness (QED) is 0.231. The average Bonchev–Trinajstić information content (AvgIpc) is 3.45. The predicted octanol–water partition coefficient (Wildman–Crippen LogP) is 3.66. The van der Waals surface area contributed by atoms with Crippen LogP contribution in [0.15, 0.2) is 18.2 Å². The van der Waals surface area contributed by atoms with E-state index in [0.29, 0.717) is 49.3 Å². The Kier molecular flexibility index (Phi) is 7.59. The van der Waals surface area contributed by atoms with E-state index in [1.54, 1.807) is 22.9 Å². The van der Waals surface area contributed by atoms with Crippen LogP contribution in [0, 0.1) is 5.92 Å². The number of methoxy groups -OCH3 is 1. The van der Waals surface area contributed by atoms with Crippen molar-refractivity contribution in [2.45, 2.75) is 75.8 Å². The smallest absolute Gasteiger partial charge is 0.305 e. The summed E-state index contributed by atoms with van der Waals surface area (Å²) in [4.78, 5) is 41.6. The molecule has 36 heavy (non-hydrogen) atoms. The lowest BCUT2D eigenvalue weighted by atomic mass is 9.82. The van der Waals surface area contributed by atoms with Crippen LogP contribution in [0.5, 0.6) is 0 Å². The van der Waals surface area contributed by atoms with E-state index < -0.39 is 31.6 Å². The van der Waals surface area contributed by atoms with Gasteiger partial charge in [0.25, 0.3) is 5.91 Å². The lowest BCUT2D eigenvalue weighted by molar-refractivity contribution is -0.146. The third kappa shape index (κ3) is 4.48. The number of carbonyl (C=O) groups is 3. The maximum atomic E-state index is 15.6. The molecule has 10 heteroatoms. The minimum atomic E-state index is -3.27. The molecule has 0 aromatic heterocycles. The zero-order valence-electron chi connectivity index (χ0n) is 21.6. The molecule has 3 aliphatic heterocycles. The van der Waals surface area contributed by atoms with Crippen molar-refractivity contribution in [2.24, 2.45) is 5.92 Å². The molecule has 2 saturated heterocycles. The van der Waals surface area contributed by atoms with Crippen LogP contribution in [-0.4, -0.2) is 64.2 Å². The third-order valence-electron chi connectivity index (χ3n) is 7.98. The van der Waals surface area contributed by atoms with Crippen LogP contribution < -0.4 is 9.80 Å². The zero-order chi connectivity index (χ0) is 26.3. The van der Waals surface area contributed by atoms with E-state index in [1.165, 1.54) is 7.11 Å². The number of aliphatic hydroxyl groups excluding tert-OH is 1. The molecular formula is C26H37FN2O6Si. The van der Waals surface area contributed by atoms with Gasteiger partial charge in [-0.3, -0.25) is 14.4 Å². The van der Waals surface area contributed by atoms with Gasteiger partial charge in [0, 0.05) is 55.2 Å². The molecule has 2 fully saturated rings. The van der Waals surface area contributed by atoms with E-state index in [2.05, 4.69) is 0 Å². The van der Waals surface area contributed by atoms with Gasteiger partial charge >= 0.3 is 5.97 Å². The van der Waals surface area contributed by atoms with Gasteiger partial charge < -0.3 is 28.5 Å². The van der Waals surface area contributed by atoms with Gasteiger partial charge in [0.2, 0.25) is 14.3 Å². The molecule has 0 bridgehead atoms. The molecule has 1 spiro atoms. The normalized spacial score (nSPS) is 27.9. The number of carbonyl (C=O) groups excluding carboxylic acids is 3. The van der Waals surface area contributed by atoms with Gasteiger partial charge in [-0.2, -0.15) is 0 Å². The number of fused-ring (bicyclic) bond motifs is 2. The number of anilines is 2. The van der Waals surface area contributed by atoms with Gasteiger partial charge in [0.15, 0.2) is 5.60 Å². The Morgan fingerprint density at radius 1 is 1.31 bits per heavy atom. The van der Waals surface area contributed by atoms with Gasteiger partial charge in [-0.1, -0.05) is 6.92 Å². The summed E-state index contributed by atoms with van der Waals surface area (Å²) in [5.74, 6) is -0.938. The van der Waals surface area contributed by atoms with Crippen molar-refractivity contribution < 1.29 is 33.1 Å². The maximum absolute atomic E-state index is 15.6. The molecule has 1 aromatic rings. The Morgan fingerprint density at radius 3 is 2.67 bits per heavy atom. The van der Waals surface area contributed by atoms with E-state index in [-0.39, 0.29) is 37.2 Å². The Hall–Kier alpha value is -2.30. The summed E-state index contributed by atoms with van der Waals surface area (Å²) < 4.78 is 26.9. The minimum Gasteiger partial charge on any atom is -0.469 e. The topological polar surface area (TPSA) is 96.4 Å². The molecule has 0 saturated carbocycles. The number of aliphatic hydroxyl groups is 1. The molecule has 0 radical (unpaired) electrons. The molecule has 1 N–H and O–H groups in total. The first-order chi connectivity index (χ1) is 17.1. The second-order valence-electron chi connectivity index (χ2n) is 10.6. The number of rotatable bonds is 9. The van der Waals surface area contributed by atoms with Crippen LogP contribution >= 0.6 is 0 Å². The molecule has 3 aliphatic rings. The van der Waals surface area contributed by atoms with E-state index in [4.69, 9.17) is 9.47 Å². The second-order valence-corrected chi connectivity index (χ2v) is 14.4. The predicted molar refractivity (Wildman–Crippen MR) is 136 cm³/mol. The molecule has 3 heterocycles. The number of halogens is 1. The summed E-state index contributed by atoms with van der Waals surface area (Å²) in [6.07, 6.45) is 2.36. The molecule has 2 amide bonds. The number of ether oxygens (including phenoxy) is 2. The molecule has 4 rings (SSSR count). The zero-order valence-corrected chi connectivity index (χ0v) is 22.6. The van der Waals surface area contributed by atoms with E-state index in [9.17, 15) is 19.5 Å². The Bertz CT molecular complexity index is 1030. The highest BCUT2D eigenvalue weighted by Gasteiger charge is 2.66. The van der Waals surface area contributed by atoms with Crippen LogP contribution in [0.4, 0.5) is 15.5 Å². The Balaban J connectivity index is 1.74. The van der Waals surface area contributed by atoms with Crippen LogP contribution in [-0.2, 0) is 29.5 Å². The monoisotopic (exact) mass is 520 g/mol. The van der Waals surface area contributed by atoms with Gasteiger partial charge in [0.1, 0.15) is 0 Å². The summed E-state index contributed by atoms with van der Waals surface area (Å²) in [5, 5.41) is 9.70. The highest BCUT2D eigenvalue weighted by Crippen LogP contribution is 2.60. The molecule has 8 nitrogen and oxygen atoms in total. The summed E-state index contributed by atoms with van der Waals surface area (Å²) in [6.45, 7) is 5.98. The second kappa shape index (κ2) is 10.2. The van der Waals surface area contributed by atoms with Gasteiger partial charge in [0.05, 0.1) is 18.9 Å². The SMILES string of the molecule is COC(=O)CCCCN1C(=O)[C@]2(O[C@H](CCO)[C@@H]([Si](C)(C)F)[C@@H]2C)c2cc(N3CCCC3=O)ccc21. The van der Waals surface area contributed by atoms with Crippen molar-refractivity contribution in [3.8, 4) is 0 Å². The van der Waals surface area contributed by atoms with Crippen molar-refractivity contribution in [2.75, 3.05) is 36.6 Å². The summed E-state index contributed by atoms with van der Waals surface area (Å²) >= 11 is 0. The number of amides is 2. The summed E-state index contributed by atoms with van der Waals surface area (Å²) in [7, 11) is -1.93. The lowest BCUT2D eigenvalue weighted by Crippen LogP contribution is -2.45. The number of unbranched alkanes of at least 4 members (excludes halogenated alkanes) is 1. The number of nitrogens with zero attached hydrogens (tertiary/aromatic N) is 2. The molecule has 1 aromatic carbocycles. The maximum Gasteiger partial charge on any atom is 0.305 e. The van der Waals surface area contributed by atoms with Crippen molar-refractivity contribution in [1.82, 2.24) is 0 Å². The first kappa shape index (κ1) is 26.8. The van der Waals surface area contributed by atoms with Crippen LogP contribution in [0.2, 0.25) is 18.6 Å². The van der Waals surface area contributed by atoms with Crippen LogP contribution in [0.3, 0.4) is 0 Å². The van der Waals surface area contributed by atoms with Gasteiger partial charge in [-0.15, -0.1) is 0 Å². The standard InChI is InChI=1S/C26H37FN2O6Si/c1-17-24(36(3,4)27)21(12-15-30)35-26(17)19-16-18(28-14-7-8-22(28)31)10-11-20(19)29(25(26)33)13-6-5-9-23(32)34-2/h10-11,16-17,21,24,30H,5-9,12-15H2,1-4H3/t17-,21+,24-,26+/m0/s1. The fourth-order valence-corrected chi connectivity index (χ4v) is 8.93. The van der Waals surface area contributed by atoms with Crippen LogP contribution in [0.1, 0.15) is 51.0 Å². The highest BCUT2D eigenvalue weighted by atomic mass is 28.4.